The van der Waals surface area contributed by atoms with Crippen molar-refractivity contribution >= 4 is 17.3 Å². The average molecular weight is 263 g/mol. The molecule has 0 radical (unpaired) electrons. The van der Waals surface area contributed by atoms with Gasteiger partial charge < -0.3 is 11.1 Å². The first-order valence-corrected chi connectivity index (χ1v) is 6.88. The minimum atomic E-state index is -0.0110. The van der Waals surface area contributed by atoms with Crippen LogP contribution in [0.1, 0.15) is 32.8 Å². The molecule has 1 atom stereocenters. The summed E-state index contributed by atoms with van der Waals surface area (Å²) in [4.78, 5) is 14.3. The number of hydrogen-bond donors (Lipinski definition) is 2. The second kappa shape index (κ2) is 7.14. The summed E-state index contributed by atoms with van der Waals surface area (Å²) in [6, 6.07) is 6.04. The molecule has 0 bridgehead atoms. The highest BCUT2D eigenvalue weighted by Crippen LogP contribution is 2.22. The summed E-state index contributed by atoms with van der Waals surface area (Å²) < 4.78 is 0. The van der Waals surface area contributed by atoms with E-state index in [1.807, 2.05) is 19.1 Å². The van der Waals surface area contributed by atoms with Gasteiger partial charge in [-0.3, -0.25) is 9.69 Å². The maximum Gasteiger partial charge on any atom is 0.238 e. The summed E-state index contributed by atoms with van der Waals surface area (Å²) in [5, 5.41) is 2.92. The molecule has 1 rings (SSSR count). The second-order valence-electron chi connectivity index (χ2n) is 4.91. The lowest BCUT2D eigenvalue weighted by Gasteiger charge is -2.26. The Morgan fingerprint density at radius 1 is 1.42 bits per heavy atom. The van der Waals surface area contributed by atoms with E-state index in [2.05, 4.69) is 31.0 Å². The Bertz CT molecular complexity index is 411. The van der Waals surface area contributed by atoms with Crippen molar-refractivity contribution in [2.24, 2.45) is 0 Å². The molecule has 0 heterocycles. The highest BCUT2D eigenvalue weighted by molar-refractivity contribution is 5.96. The number of nitrogens with two attached hydrogens (primary N) is 1. The Morgan fingerprint density at radius 2 is 2.11 bits per heavy atom. The normalized spacial score (nSPS) is 12.5. The lowest BCUT2D eigenvalue weighted by atomic mass is 10.1. The molecule has 0 aliphatic carbocycles. The van der Waals surface area contributed by atoms with Crippen LogP contribution in [-0.4, -0.2) is 29.9 Å². The number of amides is 1. The topological polar surface area (TPSA) is 58.4 Å². The zero-order valence-electron chi connectivity index (χ0n) is 12.4. The van der Waals surface area contributed by atoms with E-state index >= 15 is 0 Å². The molecule has 4 heteroatoms. The molecule has 1 aromatic carbocycles. The SMILES string of the molecule is CCC(C)N(CC)CC(=O)Nc1c(C)cccc1N. The largest absolute Gasteiger partial charge is 0.397 e. The highest BCUT2D eigenvalue weighted by atomic mass is 16.2. The molecule has 19 heavy (non-hydrogen) atoms. The number of nitrogen functional groups attached to an aromatic ring is 1. The fraction of sp³-hybridized carbons (Fsp3) is 0.533. The zero-order valence-corrected chi connectivity index (χ0v) is 12.4. The minimum absolute atomic E-state index is 0.0110. The minimum Gasteiger partial charge on any atom is -0.397 e. The van der Waals surface area contributed by atoms with Gasteiger partial charge in [-0.05, 0) is 38.4 Å². The molecule has 1 amide bonds. The number of nitrogens with zero attached hydrogens (tertiary/aromatic N) is 1. The fourth-order valence-electron chi connectivity index (χ4n) is 2.06. The van der Waals surface area contributed by atoms with Crippen LogP contribution in [-0.2, 0) is 4.79 Å². The number of anilines is 2. The smallest absolute Gasteiger partial charge is 0.238 e. The van der Waals surface area contributed by atoms with E-state index < -0.39 is 0 Å². The van der Waals surface area contributed by atoms with Gasteiger partial charge in [-0.15, -0.1) is 0 Å². The Labute approximate surface area is 116 Å². The van der Waals surface area contributed by atoms with Crippen molar-refractivity contribution in [2.75, 3.05) is 24.1 Å². The van der Waals surface area contributed by atoms with Gasteiger partial charge in [0.15, 0.2) is 0 Å². The average Bonchev–Trinajstić information content (AvgIpc) is 2.39. The number of para-hydroxylation sites is 1. The molecule has 0 saturated heterocycles. The predicted molar refractivity (Wildman–Crippen MR) is 81.2 cm³/mol. The molecule has 1 aromatic rings. The molecule has 1 unspecified atom stereocenters. The molecular weight excluding hydrogens is 238 g/mol. The quantitative estimate of drug-likeness (QED) is 0.776. The third-order valence-electron chi connectivity index (χ3n) is 3.54. The van der Waals surface area contributed by atoms with Crippen molar-refractivity contribution in [1.29, 1.82) is 0 Å². The summed E-state index contributed by atoms with van der Waals surface area (Å²) in [5.74, 6) is -0.0110. The molecule has 3 N–H and O–H groups in total. The van der Waals surface area contributed by atoms with Gasteiger partial charge in [0.05, 0.1) is 17.9 Å². The van der Waals surface area contributed by atoms with Crippen molar-refractivity contribution in [3.8, 4) is 0 Å². The van der Waals surface area contributed by atoms with Crippen LogP contribution in [0.4, 0.5) is 11.4 Å². The molecule has 4 nitrogen and oxygen atoms in total. The standard InChI is InChI=1S/C15H25N3O/c1-5-12(4)18(6-2)10-14(19)17-15-11(3)8-7-9-13(15)16/h7-9,12H,5-6,10,16H2,1-4H3,(H,17,19). The number of rotatable bonds is 6. The predicted octanol–water partition coefficient (Wildman–Crippen LogP) is 2.64. The first-order valence-electron chi connectivity index (χ1n) is 6.88. The Balaban J connectivity index is 2.70. The summed E-state index contributed by atoms with van der Waals surface area (Å²) in [6.45, 7) is 9.55. The van der Waals surface area contributed by atoms with E-state index in [1.54, 1.807) is 6.07 Å². The maximum atomic E-state index is 12.1. The number of aryl methyl sites for hydroxylation is 1. The third kappa shape index (κ3) is 4.24. The van der Waals surface area contributed by atoms with E-state index in [9.17, 15) is 4.79 Å². The van der Waals surface area contributed by atoms with Gasteiger partial charge in [-0.1, -0.05) is 26.0 Å². The van der Waals surface area contributed by atoms with Gasteiger partial charge in [0.1, 0.15) is 0 Å². The number of carbonyl (C=O) groups excluding carboxylic acids is 1. The molecule has 0 aromatic heterocycles. The van der Waals surface area contributed by atoms with E-state index in [0.29, 0.717) is 18.3 Å². The summed E-state index contributed by atoms with van der Waals surface area (Å²) in [7, 11) is 0. The van der Waals surface area contributed by atoms with Crippen molar-refractivity contribution in [3.05, 3.63) is 23.8 Å². The number of nitrogens with one attached hydrogen (secondary N) is 1. The van der Waals surface area contributed by atoms with Gasteiger partial charge in [-0.25, -0.2) is 0 Å². The number of likely N-dealkylation sites (N-methyl/N-ethyl adjacent to an activating group) is 1. The molecule has 0 aliphatic heterocycles. The Hall–Kier alpha value is -1.55. The van der Waals surface area contributed by atoms with E-state index in [4.69, 9.17) is 5.73 Å². The zero-order chi connectivity index (χ0) is 14.4. The van der Waals surface area contributed by atoms with Crippen molar-refractivity contribution < 1.29 is 4.79 Å². The molecule has 0 saturated carbocycles. The lowest BCUT2D eigenvalue weighted by molar-refractivity contribution is -0.117. The molecule has 0 fully saturated rings. The van der Waals surface area contributed by atoms with Crippen LogP contribution >= 0.6 is 0 Å². The Morgan fingerprint density at radius 3 is 2.63 bits per heavy atom. The van der Waals surface area contributed by atoms with E-state index in [-0.39, 0.29) is 5.91 Å². The summed E-state index contributed by atoms with van der Waals surface area (Å²) >= 11 is 0. The highest BCUT2D eigenvalue weighted by Gasteiger charge is 2.15. The lowest BCUT2D eigenvalue weighted by Crippen LogP contribution is -2.39. The van der Waals surface area contributed by atoms with Crippen LogP contribution in [0.5, 0.6) is 0 Å². The maximum absolute atomic E-state index is 12.1. The van der Waals surface area contributed by atoms with Gasteiger partial charge in [0.25, 0.3) is 0 Å². The molecule has 106 valence electrons. The van der Waals surface area contributed by atoms with Gasteiger partial charge in [-0.2, -0.15) is 0 Å². The van der Waals surface area contributed by atoms with Crippen LogP contribution in [0.2, 0.25) is 0 Å². The first-order chi connectivity index (χ1) is 8.99. The van der Waals surface area contributed by atoms with Gasteiger partial charge >= 0.3 is 0 Å². The van der Waals surface area contributed by atoms with Crippen LogP contribution in [0.25, 0.3) is 0 Å². The van der Waals surface area contributed by atoms with Crippen LogP contribution in [0.15, 0.2) is 18.2 Å². The van der Waals surface area contributed by atoms with Crippen molar-refractivity contribution in [1.82, 2.24) is 4.90 Å². The van der Waals surface area contributed by atoms with Crippen LogP contribution < -0.4 is 11.1 Å². The number of hydrogen-bond acceptors (Lipinski definition) is 3. The molecule has 0 aliphatic rings. The second-order valence-corrected chi connectivity index (χ2v) is 4.91. The number of carbonyl (C=O) groups is 1. The molecular formula is C15H25N3O. The fourth-order valence-corrected chi connectivity index (χ4v) is 2.06. The first kappa shape index (κ1) is 15.5. The van der Waals surface area contributed by atoms with Crippen LogP contribution in [0, 0.1) is 6.92 Å². The summed E-state index contributed by atoms with van der Waals surface area (Å²) in [5.41, 5.74) is 8.22. The van der Waals surface area contributed by atoms with E-state index in [1.165, 1.54) is 0 Å². The van der Waals surface area contributed by atoms with Crippen molar-refractivity contribution in [3.63, 3.8) is 0 Å². The van der Waals surface area contributed by atoms with Gasteiger partial charge in [0.2, 0.25) is 5.91 Å². The van der Waals surface area contributed by atoms with E-state index in [0.717, 1.165) is 24.2 Å². The van der Waals surface area contributed by atoms with Crippen molar-refractivity contribution in [2.45, 2.75) is 40.2 Å². The molecule has 0 spiro atoms. The summed E-state index contributed by atoms with van der Waals surface area (Å²) in [6.07, 6.45) is 1.04. The number of benzene rings is 1. The van der Waals surface area contributed by atoms with Gasteiger partial charge in [0, 0.05) is 6.04 Å². The van der Waals surface area contributed by atoms with Crippen LogP contribution in [0.3, 0.4) is 0 Å². The third-order valence-corrected chi connectivity index (χ3v) is 3.54. The monoisotopic (exact) mass is 263 g/mol. The Kier molecular flexibility index (Phi) is 5.83.